The second kappa shape index (κ2) is 6.80. The van der Waals surface area contributed by atoms with E-state index in [2.05, 4.69) is 4.90 Å². The number of likely N-dealkylation sites (N-methyl/N-ethyl adjacent to an activating group) is 1. The zero-order chi connectivity index (χ0) is 15.4. The number of ether oxygens (including phenoxy) is 2. The summed E-state index contributed by atoms with van der Waals surface area (Å²) in [5, 5.41) is 0. The Morgan fingerprint density at radius 2 is 2.10 bits per heavy atom. The molecule has 1 unspecified atom stereocenters. The second-order valence-corrected chi connectivity index (χ2v) is 5.52. The summed E-state index contributed by atoms with van der Waals surface area (Å²) in [5.41, 5.74) is 1.13. The van der Waals surface area contributed by atoms with Crippen molar-refractivity contribution in [1.29, 1.82) is 0 Å². The summed E-state index contributed by atoms with van der Waals surface area (Å²) in [6.07, 6.45) is 2.14. The van der Waals surface area contributed by atoms with Crippen LogP contribution in [0.5, 0.6) is 11.5 Å². The third-order valence-corrected chi connectivity index (χ3v) is 4.00. The quantitative estimate of drug-likeness (QED) is 0.831. The molecule has 0 aromatic heterocycles. The van der Waals surface area contributed by atoms with E-state index in [9.17, 15) is 4.79 Å². The Hall–Kier alpha value is -1.75. The standard InChI is InChI=1S/C16H24N2O3/c1-17(2)16(19)11-18-9-5-6-14(18)13-8-7-12(20-3)10-15(13)21-4/h7-8,10,14H,5-6,9,11H2,1-4H3. The van der Waals surface area contributed by atoms with Crippen molar-refractivity contribution in [3.63, 3.8) is 0 Å². The number of nitrogens with zero attached hydrogens (tertiary/aromatic N) is 2. The van der Waals surface area contributed by atoms with E-state index in [1.54, 1.807) is 33.2 Å². The second-order valence-electron chi connectivity index (χ2n) is 5.52. The molecule has 2 rings (SSSR count). The molecule has 1 aromatic rings. The number of benzene rings is 1. The van der Waals surface area contributed by atoms with Gasteiger partial charge in [0.2, 0.25) is 5.91 Å². The van der Waals surface area contributed by atoms with E-state index in [1.165, 1.54) is 0 Å². The highest BCUT2D eigenvalue weighted by molar-refractivity contribution is 5.77. The summed E-state index contributed by atoms with van der Waals surface area (Å²) in [7, 11) is 6.90. The molecule has 0 radical (unpaired) electrons. The van der Waals surface area contributed by atoms with E-state index in [0.717, 1.165) is 36.4 Å². The van der Waals surface area contributed by atoms with Gasteiger partial charge in [0.15, 0.2) is 0 Å². The third-order valence-electron chi connectivity index (χ3n) is 4.00. The van der Waals surface area contributed by atoms with Crippen LogP contribution < -0.4 is 9.47 Å². The number of carbonyl (C=O) groups excluding carboxylic acids is 1. The lowest BCUT2D eigenvalue weighted by atomic mass is 10.0. The normalized spacial score (nSPS) is 18.6. The molecule has 1 saturated heterocycles. The van der Waals surface area contributed by atoms with Crippen LogP contribution in [-0.4, -0.2) is 57.1 Å². The van der Waals surface area contributed by atoms with E-state index in [-0.39, 0.29) is 11.9 Å². The molecule has 5 heteroatoms. The minimum Gasteiger partial charge on any atom is -0.497 e. The molecule has 1 heterocycles. The molecule has 116 valence electrons. The first-order valence-electron chi connectivity index (χ1n) is 7.23. The van der Waals surface area contributed by atoms with Crippen LogP contribution >= 0.6 is 0 Å². The van der Waals surface area contributed by atoms with Crippen LogP contribution in [0.15, 0.2) is 18.2 Å². The Kier molecular flexibility index (Phi) is 5.07. The van der Waals surface area contributed by atoms with Crippen LogP contribution in [0.2, 0.25) is 0 Å². The minimum atomic E-state index is 0.134. The first-order chi connectivity index (χ1) is 10.1. The highest BCUT2D eigenvalue weighted by Gasteiger charge is 2.30. The van der Waals surface area contributed by atoms with Crippen LogP contribution in [0, 0.1) is 0 Å². The molecule has 1 fully saturated rings. The van der Waals surface area contributed by atoms with Crippen LogP contribution in [0.25, 0.3) is 0 Å². The van der Waals surface area contributed by atoms with Crippen molar-refractivity contribution in [3.8, 4) is 11.5 Å². The lowest BCUT2D eigenvalue weighted by Gasteiger charge is -2.26. The lowest BCUT2D eigenvalue weighted by molar-refractivity contribution is -0.130. The van der Waals surface area contributed by atoms with E-state index in [0.29, 0.717) is 6.54 Å². The van der Waals surface area contributed by atoms with E-state index in [4.69, 9.17) is 9.47 Å². The van der Waals surface area contributed by atoms with Gasteiger partial charge in [0.1, 0.15) is 11.5 Å². The van der Waals surface area contributed by atoms with Crippen LogP contribution in [0.1, 0.15) is 24.4 Å². The van der Waals surface area contributed by atoms with Gasteiger partial charge in [-0.1, -0.05) is 6.07 Å². The largest absolute Gasteiger partial charge is 0.497 e. The summed E-state index contributed by atoms with van der Waals surface area (Å²) < 4.78 is 10.7. The SMILES string of the molecule is COc1ccc(C2CCCN2CC(=O)N(C)C)c(OC)c1. The third kappa shape index (κ3) is 3.47. The van der Waals surface area contributed by atoms with Gasteiger partial charge in [0.05, 0.1) is 20.8 Å². The van der Waals surface area contributed by atoms with Gasteiger partial charge in [-0.2, -0.15) is 0 Å². The number of amides is 1. The molecular formula is C16H24N2O3. The number of hydrogen-bond acceptors (Lipinski definition) is 4. The first kappa shape index (κ1) is 15.6. The van der Waals surface area contributed by atoms with Crippen LogP contribution in [0.3, 0.4) is 0 Å². The van der Waals surface area contributed by atoms with Gasteiger partial charge >= 0.3 is 0 Å². The highest BCUT2D eigenvalue weighted by Crippen LogP contribution is 2.38. The Labute approximate surface area is 126 Å². The molecule has 0 N–H and O–H groups in total. The number of likely N-dealkylation sites (tertiary alicyclic amines) is 1. The fraction of sp³-hybridized carbons (Fsp3) is 0.562. The van der Waals surface area contributed by atoms with Crippen molar-refractivity contribution in [3.05, 3.63) is 23.8 Å². The molecule has 1 amide bonds. The molecule has 1 aliphatic rings. The number of hydrogen-bond donors (Lipinski definition) is 0. The molecule has 1 atom stereocenters. The number of methoxy groups -OCH3 is 2. The maximum atomic E-state index is 12.0. The maximum absolute atomic E-state index is 12.0. The smallest absolute Gasteiger partial charge is 0.236 e. The molecule has 21 heavy (non-hydrogen) atoms. The van der Waals surface area contributed by atoms with Crippen molar-refractivity contribution >= 4 is 5.91 Å². The lowest BCUT2D eigenvalue weighted by Crippen LogP contribution is -2.36. The average Bonchev–Trinajstić information content (AvgIpc) is 2.94. The summed E-state index contributed by atoms with van der Waals surface area (Å²) in [5.74, 6) is 1.74. The summed E-state index contributed by atoms with van der Waals surface area (Å²) in [4.78, 5) is 15.8. The fourth-order valence-electron chi connectivity index (χ4n) is 2.78. The van der Waals surface area contributed by atoms with Crippen molar-refractivity contribution < 1.29 is 14.3 Å². The molecule has 0 bridgehead atoms. The van der Waals surface area contributed by atoms with Gasteiger partial charge in [-0.05, 0) is 25.5 Å². The fourth-order valence-corrected chi connectivity index (χ4v) is 2.78. The molecule has 0 saturated carbocycles. The summed E-state index contributed by atoms with van der Waals surface area (Å²) in [6, 6.07) is 6.12. The van der Waals surface area contributed by atoms with Crippen molar-refractivity contribution in [2.75, 3.05) is 41.4 Å². The van der Waals surface area contributed by atoms with E-state index in [1.807, 2.05) is 18.2 Å². The molecule has 5 nitrogen and oxygen atoms in total. The van der Waals surface area contributed by atoms with Gasteiger partial charge in [-0.15, -0.1) is 0 Å². The van der Waals surface area contributed by atoms with E-state index >= 15 is 0 Å². The Balaban J connectivity index is 2.21. The molecular weight excluding hydrogens is 268 g/mol. The summed E-state index contributed by atoms with van der Waals surface area (Å²) in [6.45, 7) is 1.40. The van der Waals surface area contributed by atoms with Gasteiger partial charge in [-0.3, -0.25) is 9.69 Å². The number of carbonyl (C=O) groups is 1. The van der Waals surface area contributed by atoms with Crippen molar-refractivity contribution in [2.45, 2.75) is 18.9 Å². The maximum Gasteiger partial charge on any atom is 0.236 e. The monoisotopic (exact) mass is 292 g/mol. The van der Waals surface area contributed by atoms with Gasteiger partial charge in [-0.25, -0.2) is 0 Å². The molecule has 1 aliphatic heterocycles. The molecule has 0 aliphatic carbocycles. The van der Waals surface area contributed by atoms with Gasteiger partial charge < -0.3 is 14.4 Å². The Bertz CT molecular complexity index is 502. The van der Waals surface area contributed by atoms with Gasteiger partial charge in [0, 0.05) is 31.8 Å². The molecule has 1 aromatic carbocycles. The van der Waals surface area contributed by atoms with Crippen molar-refractivity contribution in [2.24, 2.45) is 0 Å². The average molecular weight is 292 g/mol. The van der Waals surface area contributed by atoms with Gasteiger partial charge in [0.25, 0.3) is 0 Å². The minimum absolute atomic E-state index is 0.134. The van der Waals surface area contributed by atoms with Crippen LogP contribution in [0.4, 0.5) is 0 Å². The molecule has 0 spiro atoms. The predicted molar refractivity (Wildman–Crippen MR) is 81.8 cm³/mol. The Morgan fingerprint density at radius 1 is 1.33 bits per heavy atom. The van der Waals surface area contributed by atoms with E-state index < -0.39 is 0 Å². The summed E-state index contributed by atoms with van der Waals surface area (Å²) >= 11 is 0. The Morgan fingerprint density at radius 3 is 2.71 bits per heavy atom. The van der Waals surface area contributed by atoms with Crippen LogP contribution in [-0.2, 0) is 4.79 Å². The topological polar surface area (TPSA) is 42.0 Å². The first-order valence-corrected chi connectivity index (χ1v) is 7.23. The van der Waals surface area contributed by atoms with Crippen molar-refractivity contribution in [1.82, 2.24) is 9.80 Å². The highest BCUT2D eigenvalue weighted by atomic mass is 16.5. The zero-order valence-electron chi connectivity index (χ0n) is 13.3. The zero-order valence-corrected chi connectivity index (χ0v) is 13.3. The number of rotatable bonds is 5. The predicted octanol–water partition coefficient (Wildman–Crippen LogP) is 1.93.